The van der Waals surface area contributed by atoms with E-state index in [4.69, 9.17) is 23.2 Å². The van der Waals surface area contributed by atoms with Gasteiger partial charge in [0.25, 0.3) is 17.2 Å². The van der Waals surface area contributed by atoms with Crippen LogP contribution in [0, 0.1) is 10.1 Å². The van der Waals surface area contributed by atoms with Crippen LogP contribution in [0.25, 0.3) is 11.0 Å². The number of non-ortho nitro benzene ring substituents is 1. The lowest BCUT2D eigenvalue weighted by molar-refractivity contribution is -0.384. The van der Waals surface area contributed by atoms with E-state index in [0.29, 0.717) is 16.1 Å². The van der Waals surface area contributed by atoms with Crippen LogP contribution in [0.1, 0.15) is 15.9 Å². The number of fused-ring (bicyclic) bond motifs is 1. The van der Waals surface area contributed by atoms with Gasteiger partial charge in [-0.25, -0.2) is 9.67 Å². The van der Waals surface area contributed by atoms with Crippen LogP contribution < -0.4 is 10.9 Å². The molecule has 2 aromatic carbocycles. The van der Waals surface area contributed by atoms with Crippen molar-refractivity contribution in [2.24, 2.45) is 0 Å². The minimum absolute atomic E-state index is 0.0225. The highest BCUT2D eigenvalue weighted by molar-refractivity contribution is 6.35. The average Bonchev–Trinajstić information content (AvgIpc) is 3.21. The predicted octanol–water partition coefficient (Wildman–Crippen LogP) is 3.29. The molecule has 0 saturated heterocycles. The molecule has 4 rings (SSSR count). The third kappa shape index (κ3) is 4.86. The summed E-state index contributed by atoms with van der Waals surface area (Å²) >= 11 is 12.0. The zero-order chi connectivity index (χ0) is 23.5. The van der Waals surface area contributed by atoms with Crippen LogP contribution in [0.5, 0.6) is 0 Å². The van der Waals surface area contributed by atoms with Crippen LogP contribution in [0.15, 0.2) is 59.8 Å². The standard InChI is InChI=1S/C21H16Cl2N6O4/c22-14-3-6-18(23)16(9-14)20(30)24-7-8-28-19-17(10-26-28)21(31)27(12-25-19)11-13-1-4-15(5-2-13)29(32)33/h1-6,9-10,12H,7-8,11H2,(H,24,30). The largest absolute Gasteiger partial charge is 0.350 e. The lowest BCUT2D eigenvalue weighted by atomic mass is 10.2. The van der Waals surface area contributed by atoms with Crippen LogP contribution in [0.3, 0.4) is 0 Å². The molecule has 0 aliphatic heterocycles. The number of hydrogen-bond acceptors (Lipinski definition) is 6. The van der Waals surface area contributed by atoms with Crippen molar-refractivity contribution < 1.29 is 9.72 Å². The van der Waals surface area contributed by atoms with Crippen molar-refractivity contribution in [3.05, 3.63) is 96.6 Å². The van der Waals surface area contributed by atoms with Gasteiger partial charge >= 0.3 is 0 Å². The Labute approximate surface area is 196 Å². The van der Waals surface area contributed by atoms with Crippen LogP contribution >= 0.6 is 23.2 Å². The van der Waals surface area contributed by atoms with Crippen molar-refractivity contribution in [3.8, 4) is 0 Å². The van der Waals surface area contributed by atoms with Gasteiger partial charge in [0.1, 0.15) is 11.7 Å². The quantitative estimate of drug-likeness (QED) is 0.315. The Kier molecular flexibility index (Phi) is 6.38. The number of carbonyl (C=O) groups is 1. The molecule has 0 saturated carbocycles. The van der Waals surface area contributed by atoms with E-state index in [-0.39, 0.29) is 47.4 Å². The van der Waals surface area contributed by atoms with Crippen molar-refractivity contribution in [2.75, 3.05) is 6.54 Å². The van der Waals surface area contributed by atoms with E-state index >= 15 is 0 Å². The first kappa shape index (κ1) is 22.4. The van der Waals surface area contributed by atoms with Gasteiger partial charge in [0.2, 0.25) is 0 Å². The molecule has 0 unspecified atom stereocenters. The van der Waals surface area contributed by atoms with Gasteiger partial charge in [0.15, 0.2) is 5.65 Å². The lowest BCUT2D eigenvalue weighted by Crippen LogP contribution is -2.28. The molecular formula is C21H16Cl2N6O4. The topological polar surface area (TPSA) is 125 Å². The molecule has 10 nitrogen and oxygen atoms in total. The Bertz CT molecular complexity index is 1410. The highest BCUT2D eigenvalue weighted by Crippen LogP contribution is 2.20. The molecule has 2 heterocycles. The molecule has 1 N–H and O–H groups in total. The lowest BCUT2D eigenvalue weighted by Gasteiger charge is -2.08. The van der Waals surface area contributed by atoms with E-state index in [1.54, 1.807) is 24.3 Å². The summed E-state index contributed by atoms with van der Waals surface area (Å²) in [6.45, 7) is 0.722. The zero-order valence-electron chi connectivity index (χ0n) is 16.9. The second kappa shape index (κ2) is 9.39. The van der Waals surface area contributed by atoms with Gasteiger partial charge in [-0.3, -0.25) is 24.3 Å². The number of nitro groups is 1. The molecule has 1 amide bonds. The fourth-order valence-electron chi connectivity index (χ4n) is 3.24. The summed E-state index contributed by atoms with van der Waals surface area (Å²) in [6, 6.07) is 10.6. The van der Waals surface area contributed by atoms with Crippen molar-refractivity contribution in [3.63, 3.8) is 0 Å². The van der Waals surface area contributed by atoms with E-state index in [0.717, 1.165) is 5.56 Å². The molecule has 0 radical (unpaired) electrons. The molecule has 0 fully saturated rings. The van der Waals surface area contributed by atoms with E-state index < -0.39 is 4.92 Å². The number of halogens is 2. The van der Waals surface area contributed by atoms with Crippen LogP contribution in [0.2, 0.25) is 10.0 Å². The smallest absolute Gasteiger partial charge is 0.269 e. The summed E-state index contributed by atoms with van der Waals surface area (Å²) in [6.07, 6.45) is 2.82. The summed E-state index contributed by atoms with van der Waals surface area (Å²) < 4.78 is 2.92. The SMILES string of the molecule is O=C(NCCn1ncc2c(=O)n(Cc3ccc([N+](=O)[O-])cc3)cnc21)c1cc(Cl)ccc1Cl. The third-order valence-electron chi connectivity index (χ3n) is 4.90. The first-order valence-corrected chi connectivity index (χ1v) is 10.5. The number of nitro benzene ring substituents is 1. The minimum atomic E-state index is -0.482. The molecule has 0 bridgehead atoms. The van der Waals surface area contributed by atoms with E-state index in [9.17, 15) is 19.7 Å². The Balaban J connectivity index is 1.45. The van der Waals surface area contributed by atoms with Crippen LogP contribution in [-0.4, -0.2) is 36.7 Å². The Morgan fingerprint density at radius 3 is 2.64 bits per heavy atom. The highest BCUT2D eigenvalue weighted by atomic mass is 35.5. The molecule has 0 aliphatic rings. The molecule has 2 aromatic heterocycles. The minimum Gasteiger partial charge on any atom is -0.350 e. The fraction of sp³-hybridized carbons (Fsp3) is 0.143. The fourth-order valence-corrected chi connectivity index (χ4v) is 3.61. The molecular weight excluding hydrogens is 471 g/mol. The molecule has 0 atom stereocenters. The van der Waals surface area contributed by atoms with E-state index in [2.05, 4.69) is 15.4 Å². The van der Waals surface area contributed by atoms with Gasteiger partial charge in [-0.2, -0.15) is 5.10 Å². The Hall–Kier alpha value is -3.76. The summed E-state index contributed by atoms with van der Waals surface area (Å²) in [5.74, 6) is -0.377. The number of aromatic nitrogens is 4. The molecule has 0 aliphatic carbocycles. The van der Waals surface area contributed by atoms with Crippen molar-refractivity contribution in [1.82, 2.24) is 24.6 Å². The maximum absolute atomic E-state index is 12.8. The van der Waals surface area contributed by atoms with Gasteiger partial charge in [-0.15, -0.1) is 0 Å². The normalized spacial score (nSPS) is 11.0. The maximum atomic E-state index is 12.8. The number of nitrogens with zero attached hydrogens (tertiary/aromatic N) is 5. The molecule has 168 valence electrons. The Morgan fingerprint density at radius 2 is 1.91 bits per heavy atom. The number of rotatable bonds is 7. The van der Waals surface area contributed by atoms with E-state index in [1.165, 1.54) is 40.0 Å². The average molecular weight is 487 g/mol. The first-order valence-electron chi connectivity index (χ1n) is 9.71. The first-order chi connectivity index (χ1) is 15.8. The number of carbonyl (C=O) groups excluding carboxylic acids is 1. The van der Waals surface area contributed by atoms with Crippen LogP contribution in [-0.2, 0) is 13.1 Å². The van der Waals surface area contributed by atoms with Gasteiger partial charge in [-0.05, 0) is 23.8 Å². The number of nitrogens with one attached hydrogen (secondary N) is 1. The number of hydrogen-bond donors (Lipinski definition) is 1. The second-order valence-corrected chi connectivity index (χ2v) is 7.93. The van der Waals surface area contributed by atoms with Crippen molar-refractivity contribution in [1.29, 1.82) is 0 Å². The maximum Gasteiger partial charge on any atom is 0.269 e. The van der Waals surface area contributed by atoms with Crippen LogP contribution in [0.4, 0.5) is 5.69 Å². The van der Waals surface area contributed by atoms with Crippen molar-refractivity contribution in [2.45, 2.75) is 13.1 Å². The Morgan fingerprint density at radius 1 is 1.15 bits per heavy atom. The predicted molar refractivity (Wildman–Crippen MR) is 123 cm³/mol. The highest BCUT2D eigenvalue weighted by Gasteiger charge is 2.13. The van der Waals surface area contributed by atoms with Gasteiger partial charge < -0.3 is 5.32 Å². The molecule has 0 spiro atoms. The molecule has 4 aromatic rings. The monoisotopic (exact) mass is 486 g/mol. The van der Waals surface area contributed by atoms with Crippen molar-refractivity contribution >= 4 is 45.8 Å². The van der Waals surface area contributed by atoms with Gasteiger partial charge in [0, 0.05) is 23.7 Å². The summed E-state index contributed by atoms with van der Waals surface area (Å²) in [5, 5.41) is 18.7. The van der Waals surface area contributed by atoms with Gasteiger partial charge in [0.05, 0.1) is 34.8 Å². The summed E-state index contributed by atoms with van der Waals surface area (Å²) in [5.41, 5.74) is 1.06. The second-order valence-electron chi connectivity index (χ2n) is 7.09. The third-order valence-corrected chi connectivity index (χ3v) is 5.47. The van der Waals surface area contributed by atoms with Gasteiger partial charge in [-0.1, -0.05) is 35.3 Å². The number of benzene rings is 2. The summed E-state index contributed by atoms with van der Waals surface area (Å²) in [7, 11) is 0. The molecule has 33 heavy (non-hydrogen) atoms. The number of amides is 1. The summed E-state index contributed by atoms with van der Waals surface area (Å²) in [4.78, 5) is 39.8. The zero-order valence-corrected chi connectivity index (χ0v) is 18.5. The van der Waals surface area contributed by atoms with E-state index in [1.807, 2.05) is 0 Å². The molecule has 12 heteroatoms.